The number of sulfonamides is 1. The molecule has 0 bridgehead atoms. The van der Waals surface area contributed by atoms with Gasteiger partial charge in [0.2, 0.25) is 10.0 Å². The van der Waals surface area contributed by atoms with Crippen LogP contribution in [0.5, 0.6) is 0 Å². The van der Waals surface area contributed by atoms with Crippen molar-refractivity contribution >= 4 is 27.0 Å². The first kappa shape index (κ1) is 12.3. The molecule has 10 heteroatoms. The van der Waals surface area contributed by atoms with Crippen molar-refractivity contribution in [2.24, 2.45) is 0 Å². The second-order valence-corrected chi connectivity index (χ2v) is 5.09. The van der Waals surface area contributed by atoms with Crippen LogP contribution in [0.1, 0.15) is 0 Å². The van der Waals surface area contributed by atoms with Crippen molar-refractivity contribution in [1.82, 2.24) is 19.9 Å². The number of carboxylic acids is 1. The molecular weight excluding hydrogens is 264 g/mol. The minimum absolute atomic E-state index is 0.161. The number of nitrogens with one attached hydrogen (secondary N) is 1. The lowest BCUT2D eigenvalue weighted by atomic mass is 10.3. The third-order valence-electron chi connectivity index (χ3n) is 2.12. The number of hydrogen-bond acceptors (Lipinski definition) is 7. The lowest BCUT2D eigenvalue weighted by molar-refractivity contribution is -0.303. The van der Waals surface area contributed by atoms with Gasteiger partial charge in [-0.15, -0.1) is 5.10 Å². The number of aromatic nitrogens is 3. The van der Waals surface area contributed by atoms with E-state index in [2.05, 4.69) is 10.3 Å². The highest BCUT2D eigenvalue weighted by molar-refractivity contribution is 7.89. The van der Waals surface area contributed by atoms with Crippen molar-refractivity contribution in [2.45, 2.75) is 4.90 Å². The molecule has 0 atom stereocenters. The van der Waals surface area contributed by atoms with Crippen LogP contribution in [0.25, 0.3) is 11.0 Å². The molecule has 0 amide bonds. The predicted molar refractivity (Wildman–Crippen MR) is 54.9 cm³/mol. The van der Waals surface area contributed by atoms with Gasteiger partial charge in [0.1, 0.15) is 11.0 Å². The van der Waals surface area contributed by atoms with E-state index in [0.717, 1.165) is 6.07 Å². The quantitative estimate of drug-likeness (QED) is 0.596. The summed E-state index contributed by atoms with van der Waals surface area (Å²) in [4.78, 5) is 10.5. The van der Waals surface area contributed by atoms with E-state index in [4.69, 9.17) is 0 Å². The van der Waals surface area contributed by atoms with Crippen molar-refractivity contribution in [3.8, 4) is 0 Å². The molecule has 1 heterocycles. The van der Waals surface area contributed by atoms with Gasteiger partial charge >= 0.3 is 0 Å². The fraction of sp³-hybridized carbons (Fsp3) is 0.125. The Morgan fingerprint density at radius 2 is 2.22 bits per heavy atom. The van der Waals surface area contributed by atoms with E-state index in [-0.39, 0.29) is 15.9 Å². The first-order valence-electron chi connectivity index (χ1n) is 4.64. The van der Waals surface area contributed by atoms with Crippen molar-refractivity contribution in [2.75, 3.05) is 6.54 Å². The average molecular weight is 271 g/mol. The summed E-state index contributed by atoms with van der Waals surface area (Å²) in [6.45, 7) is -0.826. The summed E-state index contributed by atoms with van der Waals surface area (Å²) < 4.78 is 25.2. The third kappa shape index (κ3) is 2.24. The number of nitrogens with zero attached hydrogens (tertiary/aromatic N) is 3. The summed E-state index contributed by atoms with van der Waals surface area (Å²) in [5, 5.41) is 26.2. The topological polar surface area (TPSA) is 137 Å². The normalized spacial score (nSPS) is 11.8. The molecule has 0 aliphatic carbocycles. The molecule has 2 N–H and O–H groups in total. The van der Waals surface area contributed by atoms with Crippen LogP contribution in [0.2, 0.25) is 0 Å². The maximum atomic E-state index is 11.7. The summed E-state index contributed by atoms with van der Waals surface area (Å²) in [5.41, 5.74) is 0.391. The van der Waals surface area contributed by atoms with Gasteiger partial charge in [-0.1, -0.05) is 4.85 Å². The van der Waals surface area contributed by atoms with Gasteiger partial charge in [0.15, 0.2) is 0 Å². The minimum atomic E-state index is -3.97. The highest BCUT2D eigenvalue weighted by atomic mass is 32.2. The van der Waals surface area contributed by atoms with E-state index in [9.17, 15) is 23.5 Å². The molecule has 0 unspecified atom stereocenters. The number of fused-ring (bicyclic) bond motifs is 1. The second kappa shape index (κ2) is 4.23. The van der Waals surface area contributed by atoms with Crippen LogP contribution in [0.3, 0.4) is 0 Å². The Balaban J connectivity index is 2.38. The zero-order valence-corrected chi connectivity index (χ0v) is 9.59. The lowest BCUT2D eigenvalue weighted by Gasteiger charge is -2.06. The van der Waals surface area contributed by atoms with Gasteiger partial charge in [-0.2, -0.15) is 0 Å². The summed E-state index contributed by atoms with van der Waals surface area (Å²) in [6.07, 6.45) is 0. The molecule has 0 fully saturated rings. The SMILES string of the molecule is O=C([O-])CNS(=O)(=O)c1ccc2c(c1)nnn2O. The molecule has 0 aliphatic heterocycles. The number of carboxylic acid groups (broad SMARTS) is 1. The molecule has 0 radical (unpaired) electrons. The molecule has 0 spiro atoms. The van der Waals surface area contributed by atoms with E-state index < -0.39 is 22.5 Å². The van der Waals surface area contributed by atoms with E-state index in [0.29, 0.717) is 4.85 Å². The summed E-state index contributed by atoms with van der Waals surface area (Å²) in [5.74, 6) is -1.54. The van der Waals surface area contributed by atoms with Gasteiger partial charge < -0.3 is 15.1 Å². The highest BCUT2D eigenvalue weighted by Gasteiger charge is 2.15. The van der Waals surface area contributed by atoms with Crippen LogP contribution in [0, 0.1) is 0 Å². The van der Waals surface area contributed by atoms with Crippen LogP contribution in [0.15, 0.2) is 23.1 Å². The van der Waals surface area contributed by atoms with Crippen LogP contribution in [-0.4, -0.2) is 41.3 Å². The van der Waals surface area contributed by atoms with E-state index in [1.165, 1.54) is 12.1 Å². The van der Waals surface area contributed by atoms with Crippen LogP contribution in [-0.2, 0) is 14.8 Å². The summed E-state index contributed by atoms with van der Waals surface area (Å²) in [7, 11) is -3.97. The third-order valence-corrected chi connectivity index (χ3v) is 3.52. The Hall–Kier alpha value is -2.20. The average Bonchev–Trinajstić information content (AvgIpc) is 2.68. The molecule has 2 rings (SSSR count). The van der Waals surface area contributed by atoms with E-state index in [1.54, 1.807) is 0 Å². The molecule has 18 heavy (non-hydrogen) atoms. The number of rotatable bonds is 4. The monoisotopic (exact) mass is 271 g/mol. The van der Waals surface area contributed by atoms with Gasteiger partial charge in [0, 0.05) is 0 Å². The lowest BCUT2D eigenvalue weighted by Crippen LogP contribution is -2.37. The summed E-state index contributed by atoms with van der Waals surface area (Å²) in [6, 6.07) is 3.64. The second-order valence-electron chi connectivity index (χ2n) is 3.33. The predicted octanol–water partition coefficient (Wildman–Crippen LogP) is -2.30. The van der Waals surface area contributed by atoms with Crippen LogP contribution in [0.4, 0.5) is 0 Å². The number of aliphatic carboxylic acids is 1. The Bertz CT molecular complexity index is 707. The summed E-state index contributed by atoms with van der Waals surface area (Å²) >= 11 is 0. The zero-order valence-electron chi connectivity index (χ0n) is 8.77. The first-order chi connectivity index (χ1) is 8.40. The Morgan fingerprint density at radius 3 is 2.89 bits per heavy atom. The number of carbonyl (C=O) groups excluding carboxylic acids is 1. The van der Waals surface area contributed by atoms with Gasteiger partial charge in [-0.25, -0.2) is 13.1 Å². The molecule has 0 saturated carbocycles. The molecular formula is C8H7N4O5S-. The Kier molecular flexibility index (Phi) is 2.88. The van der Waals surface area contributed by atoms with Gasteiger partial charge in [-0.3, -0.25) is 0 Å². The van der Waals surface area contributed by atoms with E-state index in [1.807, 2.05) is 4.72 Å². The maximum Gasteiger partial charge on any atom is 0.240 e. The molecule has 0 aliphatic rings. The van der Waals surface area contributed by atoms with Crippen LogP contribution >= 0.6 is 0 Å². The van der Waals surface area contributed by atoms with Crippen LogP contribution < -0.4 is 9.83 Å². The standard InChI is InChI=1S/C8H8N4O5S/c13-8(14)4-9-18(16,17)5-1-2-7-6(3-5)10-11-12(7)15/h1-3,9,15H,4H2,(H,13,14)/p-1. The smallest absolute Gasteiger partial charge is 0.240 e. The fourth-order valence-corrected chi connectivity index (χ4v) is 2.28. The largest absolute Gasteiger partial charge is 0.549 e. The molecule has 96 valence electrons. The number of benzene rings is 1. The highest BCUT2D eigenvalue weighted by Crippen LogP contribution is 2.16. The van der Waals surface area contributed by atoms with Gasteiger partial charge in [-0.05, 0) is 23.4 Å². The number of hydrogen-bond donors (Lipinski definition) is 2. The molecule has 2 aromatic rings. The first-order valence-corrected chi connectivity index (χ1v) is 6.13. The fourth-order valence-electron chi connectivity index (χ4n) is 1.30. The van der Waals surface area contributed by atoms with Crippen molar-refractivity contribution < 1.29 is 23.5 Å². The van der Waals surface area contributed by atoms with Gasteiger partial charge in [0.25, 0.3) is 0 Å². The van der Waals surface area contributed by atoms with E-state index >= 15 is 0 Å². The maximum absolute atomic E-state index is 11.7. The minimum Gasteiger partial charge on any atom is -0.549 e. The number of carbonyl (C=O) groups is 1. The molecule has 1 aromatic carbocycles. The van der Waals surface area contributed by atoms with Gasteiger partial charge in [0.05, 0.1) is 17.4 Å². The zero-order chi connectivity index (χ0) is 13.3. The Labute approximate surface area is 101 Å². The molecule has 9 nitrogen and oxygen atoms in total. The Morgan fingerprint density at radius 1 is 1.50 bits per heavy atom. The van der Waals surface area contributed by atoms with Crippen molar-refractivity contribution in [3.05, 3.63) is 18.2 Å². The molecule has 1 aromatic heterocycles. The van der Waals surface area contributed by atoms with Crippen molar-refractivity contribution in [1.29, 1.82) is 0 Å². The van der Waals surface area contributed by atoms with Crippen molar-refractivity contribution in [3.63, 3.8) is 0 Å². The molecule has 0 saturated heterocycles.